The lowest BCUT2D eigenvalue weighted by Crippen LogP contribution is -2.37. The highest BCUT2D eigenvalue weighted by Gasteiger charge is 2.25. The van der Waals surface area contributed by atoms with Crippen LogP contribution in [0.3, 0.4) is 0 Å². The molecular weight excluding hydrogens is 200 g/mol. The molecule has 2 heterocycles. The van der Waals surface area contributed by atoms with Crippen molar-refractivity contribution in [2.45, 2.75) is 6.92 Å². The lowest BCUT2D eigenvalue weighted by Gasteiger charge is -2.26. The summed E-state index contributed by atoms with van der Waals surface area (Å²) < 4.78 is 10.1. The van der Waals surface area contributed by atoms with Crippen LogP contribution in [0.15, 0.2) is 4.52 Å². The molecule has 6 heteroatoms. The zero-order valence-electron chi connectivity index (χ0n) is 8.39. The van der Waals surface area contributed by atoms with Gasteiger partial charge in [-0.05, 0) is 6.92 Å². The molecule has 0 aliphatic carbocycles. The van der Waals surface area contributed by atoms with Crippen LogP contribution in [-0.2, 0) is 4.74 Å². The fourth-order valence-corrected chi connectivity index (χ4v) is 1.60. The summed E-state index contributed by atoms with van der Waals surface area (Å²) in [6.07, 6.45) is 0. The van der Waals surface area contributed by atoms with E-state index in [0.717, 1.165) is 0 Å². The number of anilines is 1. The van der Waals surface area contributed by atoms with E-state index in [1.807, 2.05) is 4.90 Å². The van der Waals surface area contributed by atoms with Crippen LogP contribution in [0.5, 0.6) is 0 Å². The van der Waals surface area contributed by atoms with Crippen molar-refractivity contribution in [3.8, 4) is 0 Å². The Bertz CT molecular complexity index is 368. The van der Waals surface area contributed by atoms with Crippen molar-refractivity contribution < 1.29 is 19.2 Å². The molecule has 1 aromatic rings. The number of ether oxygens (including phenoxy) is 1. The predicted molar refractivity (Wildman–Crippen MR) is 51.2 cm³/mol. The third-order valence-corrected chi connectivity index (χ3v) is 2.37. The Morgan fingerprint density at radius 3 is 2.73 bits per heavy atom. The van der Waals surface area contributed by atoms with E-state index in [-0.39, 0.29) is 5.56 Å². The zero-order valence-corrected chi connectivity index (χ0v) is 8.39. The molecule has 0 spiro atoms. The minimum atomic E-state index is -1.00. The molecule has 0 saturated carbocycles. The Hall–Kier alpha value is -1.56. The van der Waals surface area contributed by atoms with Gasteiger partial charge in [-0.2, -0.15) is 0 Å². The van der Waals surface area contributed by atoms with Gasteiger partial charge >= 0.3 is 5.97 Å². The molecule has 0 radical (unpaired) electrons. The van der Waals surface area contributed by atoms with Gasteiger partial charge in [0.15, 0.2) is 11.6 Å². The van der Waals surface area contributed by atoms with Gasteiger partial charge in [-0.15, -0.1) is 0 Å². The van der Waals surface area contributed by atoms with Crippen molar-refractivity contribution in [1.82, 2.24) is 5.16 Å². The van der Waals surface area contributed by atoms with Gasteiger partial charge in [-0.1, -0.05) is 5.16 Å². The molecule has 82 valence electrons. The number of aromatic carboxylic acids is 1. The van der Waals surface area contributed by atoms with Crippen LogP contribution in [0.1, 0.15) is 16.1 Å². The monoisotopic (exact) mass is 212 g/mol. The number of nitrogens with zero attached hydrogens (tertiary/aromatic N) is 2. The van der Waals surface area contributed by atoms with E-state index in [9.17, 15) is 4.79 Å². The molecule has 0 bridgehead atoms. The van der Waals surface area contributed by atoms with E-state index in [1.165, 1.54) is 0 Å². The molecule has 0 atom stereocenters. The van der Waals surface area contributed by atoms with Gasteiger partial charge in [0, 0.05) is 13.1 Å². The van der Waals surface area contributed by atoms with Crippen LogP contribution >= 0.6 is 0 Å². The lowest BCUT2D eigenvalue weighted by molar-refractivity contribution is 0.0694. The fraction of sp³-hybridized carbons (Fsp3) is 0.556. The third kappa shape index (κ3) is 1.80. The van der Waals surface area contributed by atoms with Crippen LogP contribution in [0.25, 0.3) is 0 Å². The zero-order chi connectivity index (χ0) is 10.8. The molecule has 1 N–H and O–H groups in total. The van der Waals surface area contributed by atoms with Gasteiger partial charge in [-0.25, -0.2) is 4.79 Å². The second-order valence-electron chi connectivity index (χ2n) is 3.34. The molecule has 1 saturated heterocycles. The van der Waals surface area contributed by atoms with E-state index in [0.29, 0.717) is 37.9 Å². The first kappa shape index (κ1) is 9.97. The van der Waals surface area contributed by atoms with Gasteiger partial charge in [-0.3, -0.25) is 0 Å². The third-order valence-electron chi connectivity index (χ3n) is 2.37. The van der Waals surface area contributed by atoms with Crippen molar-refractivity contribution >= 4 is 11.8 Å². The second kappa shape index (κ2) is 3.90. The quantitative estimate of drug-likeness (QED) is 0.770. The average Bonchev–Trinajstić information content (AvgIpc) is 2.61. The maximum Gasteiger partial charge on any atom is 0.343 e. The highest BCUT2D eigenvalue weighted by Crippen LogP contribution is 2.23. The molecule has 15 heavy (non-hydrogen) atoms. The smallest absolute Gasteiger partial charge is 0.343 e. The topological polar surface area (TPSA) is 75.8 Å². The molecule has 6 nitrogen and oxygen atoms in total. The number of morpholine rings is 1. The van der Waals surface area contributed by atoms with Crippen molar-refractivity contribution in [2.75, 3.05) is 31.2 Å². The standard InChI is InChI=1S/C9H12N2O4/c1-6-7(9(12)13)8(10-15-6)11-2-4-14-5-3-11/h2-5H2,1H3,(H,12,13). The van der Waals surface area contributed by atoms with Gasteiger partial charge in [0.2, 0.25) is 0 Å². The summed E-state index contributed by atoms with van der Waals surface area (Å²) >= 11 is 0. The van der Waals surface area contributed by atoms with Crippen LogP contribution in [0.2, 0.25) is 0 Å². The molecule has 1 fully saturated rings. The number of carboxylic acids is 1. The normalized spacial score (nSPS) is 16.7. The van der Waals surface area contributed by atoms with Gasteiger partial charge in [0.25, 0.3) is 0 Å². The first-order valence-electron chi connectivity index (χ1n) is 4.72. The summed E-state index contributed by atoms with van der Waals surface area (Å²) in [5.74, 6) is -0.262. The second-order valence-corrected chi connectivity index (χ2v) is 3.34. The summed E-state index contributed by atoms with van der Waals surface area (Å²) in [5.41, 5.74) is 0.150. The highest BCUT2D eigenvalue weighted by atomic mass is 16.5. The number of hydrogen-bond acceptors (Lipinski definition) is 5. The number of carboxylic acid groups (broad SMARTS) is 1. The SMILES string of the molecule is Cc1onc(N2CCOCC2)c1C(=O)O. The summed E-state index contributed by atoms with van der Waals surface area (Å²) in [6.45, 7) is 4.06. The van der Waals surface area contributed by atoms with Crippen LogP contribution in [-0.4, -0.2) is 42.5 Å². The summed E-state index contributed by atoms with van der Waals surface area (Å²) in [4.78, 5) is 12.9. The van der Waals surface area contributed by atoms with E-state index in [2.05, 4.69) is 5.16 Å². The number of hydrogen-bond donors (Lipinski definition) is 1. The van der Waals surface area contributed by atoms with E-state index in [4.69, 9.17) is 14.4 Å². The molecule has 0 amide bonds. The van der Waals surface area contributed by atoms with E-state index < -0.39 is 5.97 Å². The summed E-state index contributed by atoms with van der Waals surface area (Å²) in [6, 6.07) is 0. The van der Waals surface area contributed by atoms with E-state index >= 15 is 0 Å². The summed E-state index contributed by atoms with van der Waals surface area (Å²) in [7, 11) is 0. The molecule has 0 aromatic carbocycles. The molecule has 1 aromatic heterocycles. The Kier molecular flexibility index (Phi) is 2.59. The number of rotatable bonds is 2. The average molecular weight is 212 g/mol. The van der Waals surface area contributed by atoms with Gasteiger partial charge < -0.3 is 19.3 Å². The predicted octanol–water partition coefficient (Wildman–Crippen LogP) is 0.518. The fourth-order valence-electron chi connectivity index (χ4n) is 1.60. The molecule has 0 unspecified atom stereocenters. The van der Waals surface area contributed by atoms with Crippen LogP contribution in [0.4, 0.5) is 5.82 Å². The Labute approximate surface area is 86.4 Å². The number of aryl methyl sites for hydroxylation is 1. The number of carbonyl (C=O) groups is 1. The summed E-state index contributed by atoms with van der Waals surface area (Å²) in [5, 5.41) is 12.8. The Morgan fingerprint density at radius 2 is 2.13 bits per heavy atom. The van der Waals surface area contributed by atoms with Crippen LogP contribution in [0, 0.1) is 6.92 Å². The lowest BCUT2D eigenvalue weighted by atomic mass is 10.2. The van der Waals surface area contributed by atoms with Crippen molar-refractivity contribution in [3.05, 3.63) is 11.3 Å². The maximum atomic E-state index is 11.0. The Balaban J connectivity index is 2.30. The molecule has 2 rings (SSSR count). The molecule has 1 aliphatic rings. The highest BCUT2D eigenvalue weighted by molar-refractivity contribution is 5.94. The largest absolute Gasteiger partial charge is 0.477 e. The minimum absolute atomic E-state index is 0.150. The van der Waals surface area contributed by atoms with Crippen molar-refractivity contribution in [3.63, 3.8) is 0 Å². The Morgan fingerprint density at radius 1 is 1.47 bits per heavy atom. The molecule has 1 aliphatic heterocycles. The van der Waals surface area contributed by atoms with Crippen LogP contribution < -0.4 is 4.90 Å². The minimum Gasteiger partial charge on any atom is -0.477 e. The van der Waals surface area contributed by atoms with Gasteiger partial charge in [0.05, 0.1) is 13.2 Å². The first-order valence-corrected chi connectivity index (χ1v) is 4.72. The molecular formula is C9H12N2O4. The number of aromatic nitrogens is 1. The van der Waals surface area contributed by atoms with Crippen molar-refractivity contribution in [2.24, 2.45) is 0 Å². The van der Waals surface area contributed by atoms with Gasteiger partial charge in [0.1, 0.15) is 5.56 Å². The maximum absolute atomic E-state index is 11.0. The first-order chi connectivity index (χ1) is 7.20. The van der Waals surface area contributed by atoms with E-state index in [1.54, 1.807) is 6.92 Å². The van der Waals surface area contributed by atoms with Crippen molar-refractivity contribution in [1.29, 1.82) is 0 Å².